The van der Waals surface area contributed by atoms with Crippen LogP contribution in [0.15, 0.2) is 24.3 Å². The molecule has 1 fully saturated rings. The third-order valence-corrected chi connectivity index (χ3v) is 5.73. The smallest absolute Gasteiger partial charge is 0.335 e. The van der Waals surface area contributed by atoms with E-state index in [2.05, 4.69) is 12.2 Å². The average molecular weight is 355 g/mol. The first-order valence-corrected chi connectivity index (χ1v) is 9.84. The topological polar surface area (TPSA) is 95.9 Å². The molecule has 134 valence electrons. The molecule has 1 aliphatic heterocycles. The summed E-state index contributed by atoms with van der Waals surface area (Å²) in [4.78, 5) is 20.4. The number of carboxylic acid groups (broad SMARTS) is 1. The van der Waals surface area contributed by atoms with Crippen LogP contribution in [0.25, 0.3) is 0 Å². The molecule has 0 saturated carbocycles. The molecule has 0 aromatic heterocycles. The van der Waals surface area contributed by atoms with Crippen LogP contribution in [0.1, 0.15) is 42.1 Å². The summed E-state index contributed by atoms with van der Waals surface area (Å²) >= 11 is 0. The maximum Gasteiger partial charge on any atom is 0.335 e. The maximum absolute atomic E-state index is 11.6. The lowest BCUT2D eigenvalue weighted by Gasteiger charge is -2.34. The van der Waals surface area contributed by atoms with Gasteiger partial charge in [0.15, 0.2) is 8.03 Å². The fourth-order valence-electron chi connectivity index (χ4n) is 2.99. The Morgan fingerprint density at radius 2 is 2.12 bits per heavy atom. The summed E-state index contributed by atoms with van der Waals surface area (Å²) in [5, 5.41) is 12.3. The first-order valence-electron chi connectivity index (χ1n) is 8.41. The molecule has 1 aromatic carbocycles. The molecule has 7 heteroatoms. The summed E-state index contributed by atoms with van der Waals surface area (Å²) in [7, 11) is -2.60. The number of morpholine rings is 1. The van der Waals surface area contributed by atoms with Crippen molar-refractivity contribution in [1.29, 1.82) is 0 Å². The zero-order chi connectivity index (χ0) is 17.5. The van der Waals surface area contributed by atoms with Crippen molar-refractivity contribution in [1.82, 2.24) is 5.32 Å². The van der Waals surface area contributed by atoms with Crippen LogP contribution in [0.3, 0.4) is 0 Å². The number of aromatic carboxylic acids is 1. The average Bonchev–Trinajstić information content (AvgIpc) is 2.57. The predicted octanol–water partition coefficient (Wildman–Crippen LogP) is 2.31. The number of carbonyl (C=O) groups is 1. The number of benzene rings is 1. The molecule has 0 spiro atoms. The Kier molecular flexibility index (Phi) is 7.43. The van der Waals surface area contributed by atoms with Gasteiger partial charge >= 0.3 is 5.97 Å². The summed E-state index contributed by atoms with van der Waals surface area (Å²) in [6.07, 6.45) is 3.18. The van der Waals surface area contributed by atoms with Gasteiger partial charge in [-0.1, -0.05) is 31.9 Å². The van der Waals surface area contributed by atoms with Gasteiger partial charge in [0.1, 0.15) is 0 Å². The monoisotopic (exact) mass is 355 g/mol. The minimum atomic E-state index is -2.60. The van der Waals surface area contributed by atoms with Crippen molar-refractivity contribution < 1.29 is 24.1 Å². The van der Waals surface area contributed by atoms with Gasteiger partial charge in [0, 0.05) is 12.6 Å². The summed E-state index contributed by atoms with van der Waals surface area (Å²) < 4.78 is 17.4. The quantitative estimate of drug-likeness (QED) is 0.620. The zero-order valence-electron chi connectivity index (χ0n) is 13.9. The molecule has 1 heterocycles. The fourth-order valence-corrected chi connectivity index (χ4v) is 3.97. The van der Waals surface area contributed by atoms with Crippen molar-refractivity contribution in [2.75, 3.05) is 13.2 Å². The molecule has 0 amide bonds. The molecule has 0 bridgehead atoms. The Balaban J connectivity index is 1.85. The van der Waals surface area contributed by atoms with Crippen LogP contribution in [0.2, 0.25) is 0 Å². The lowest BCUT2D eigenvalue weighted by Crippen LogP contribution is -2.50. The summed E-state index contributed by atoms with van der Waals surface area (Å²) in [6, 6.07) is 6.96. The molecule has 1 saturated heterocycles. The van der Waals surface area contributed by atoms with Crippen LogP contribution < -0.4 is 5.32 Å². The molecule has 1 aromatic rings. The maximum atomic E-state index is 11.6. The summed E-state index contributed by atoms with van der Waals surface area (Å²) in [6.45, 7) is 3.13. The molecule has 1 aliphatic rings. The number of hydrogen-bond donors (Lipinski definition) is 3. The van der Waals surface area contributed by atoms with Crippen LogP contribution >= 0.6 is 8.03 Å². The van der Waals surface area contributed by atoms with E-state index in [4.69, 9.17) is 9.84 Å². The van der Waals surface area contributed by atoms with E-state index >= 15 is 0 Å². The van der Waals surface area contributed by atoms with Gasteiger partial charge in [-0.2, -0.15) is 0 Å². The molecule has 2 unspecified atom stereocenters. The van der Waals surface area contributed by atoms with Crippen LogP contribution in [0.5, 0.6) is 0 Å². The Hall–Kier alpha value is -1.20. The lowest BCUT2D eigenvalue weighted by molar-refractivity contribution is -0.0000434. The van der Waals surface area contributed by atoms with Crippen molar-refractivity contribution in [3.63, 3.8) is 0 Å². The molecule has 0 radical (unpaired) electrons. The third kappa shape index (κ3) is 5.42. The highest BCUT2D eigenvalue weighted by molar-refractivity contribution is 7.39. The second-order valence-electron chi connectivity index (χ2n) is 6.27. The summed E-state index contributed by atoms with van der Waals surface area (Å²) in [5.41, 5.74) is 1.04. The fraction of sp³-hybridized carbons (Fsp3) is 0.588. The molecular formula is C17H26NO5P. The highest BCUT2D eigenvalue weighted by atomic mass is 31.1. The van der Waals surface area contributed by atoms with Gasteiger partial charge in [0.05, 0.1) is 23.9 Å². The van der Waals surface area contributed by atoms with Crippen molar-refractivity contribution in [2.24, 2.45) is 0 Å². The van der Waals surface area contributed by atoms with Gasteiger partial charge in [-0.3, -0.25) is 4.57 Å². The van der Waals surface area contributed by atoms with E-state index in [-0.39, 0.29) is 23.4 Å². The minimum Gasteiger partial charge on any atom is -0.478 e. The van der Waals surface area contributed by atoms with Crippen LogP contribution in [0, 0.1) is 0 Å². The number of unbranched alkanes of at least 4 members (excludes halogenated alkanes) is 1. The largest absolute Gasteiger partial charge is 0.478 e. The van der Waals surface area contributed by atoms with Crippen molar-refractivity contribution in [3.8, 4) is 0 Å². The van der Waals surface area contributed by atoms with Gasteiger partial charge in [-0.25, -0.2) is 4.79 Å². The Morgan fingerprint density at radius 1 is 1.42 bits per heavy atom. The van der Waals surface area contributed by atoms with E-state index in [1.165, 1.54) is 0 Å². The van der Waals surface area contributed by atoms with Crippen molar-refractivity contribution in [2.45, 2.75) is 50.4 Å². The zero-order valence-corrected chi connectivity index (χ0v) is 14.9. The highest BCUT2D eigenvalue weighted by Gasteiger charge is 2.30. The second kappa shape index (κ2) is 9.33. The van der Waals surface area contributed by atoms with Gasteiger partial charge in [-0.15, -0.1) is 0 Å². The van der Waals surface area contributed by atoms with E-state index in [1.807, 2.05) is 12.1 Å². The van der Waals surface area contributed by atoms with Crippen LogP contribution in [0.4, 0.5) is 0 Å². The SMILES string of the molecule is CCCCC([C@H]1CN[C@H](Cc2ccc(C(=O)O)cc2)CO1)[PH](=O)O. The first kappa shape index (κ1) is 19.1. The van der Waals surface area contributed by atoms with Gasteiger partial charge in [0.25, 0.3) is 0 Å². The molecule has 24 heavy (non-hydrogen) atoms. The van der Waals surface area contributed by atoms with Crippen molar-refractivity contribution >= 4 is 14.0 Å². The van der Waals surface area contributed by atoms with Gasteiger partial charge in [0.2, 0.25) is 0 Å². The first-order chi connectivity index (χ1) is 11.5. The molecular weight excluding hydrogens is 329 g/mol. The summed E-state index contributed by atoms with van der Waals surface area (Å²) in [5.74, 6) is -0.930. The number of hydrogen-bond acceptors (Lipinski definition) is 4. The van der Waals surface area contributed by atoms with Crippen LogP contribution in [-0.2, 0) is 15.7 Å². The van der Waals surface area contributed by atoms with E-state index in [0.717, 1.165) is 31.2 Å². The Bertz CT molecular complexity index is 555. The number of rotatable bonds is 8. The number of nitrogens with one attached hydrogen (secondary N) is 1. The third-order valence-electron chi connectivity index (χ3n) is 4.44. The van der Waals surface area contributed by atoms with E-state index in [9.17, 15) is 14.3 Å². The predicted molar refractivity (Wildman–Crippen MR) is 93.2 cm³/mol. The molecule has 6 nitrogen and oxygen atoms in total. The van der Waals surface area contributed by atoms with Crippen LogP contribution in [-0.4, -0.2) is 46.9 Å². The molecule has 0 aliphatic carbocycles. The van der Waals surface area contributed by atoms with Crippen molar-refractivity contribution in [3.05, 3.63) is 35.4 Å². The lowest BCUT2D eigenvalue weighted by atomic mass is 10.0. The molecule has 3 N–H and O–H groups in total. The molecule has 2 rings (SSSR count). The Labute approximate surface area is 143 Å². The van der Waals surface area contributed by atoms with Gasteiger partial charge < -0.3 is 20.1 Å². The minimum absolute atomic E-state index is 0.129. The number of ether oxygens (including phenoxy) is 1. The van der Waals surface area contributed by atoms with Gasteiger partial charge in [-0.05, 0) is 30.5 Å². The van der Waals surface area contributed by atoms with E-state index < -0.39 is 14.0 Å². The molecule has 4 atom stereocenters. The Morgan fingerprint density at radius 3 is 2.62 bits per heavy atom. The second-order valence-corrected chi connectivity index (χ2v) is 7.69. The van der Waals surface area contributed by atoms with E-state index in [0.29, 0.717) is 13.2 Å². The number of carboxylic acids is 1. The highest BCUT2D eigenvalue weighted by Crippen LogP contribution is 2.32. The normalized spacial score (nSPS) is 23.6. The standard InChI is InChI=1S/C17H26NO5P/c1-2-3-4-16(24(21)22)15-10-18-14(11-23-15)9-12-5-7-13(8-6-12)17(19)20/h5-8,14-16,18,24H,2-4,9-11H2,1H3,(H,19,20)(H,21,22)/t14-,15-,16?/m1/s1. The van der Waals surface area contributed by atoms with E-state index in [1.54, 1.807) is 12.1 Å².